The van der Waals surface area contributed by atoms with E-state index >= 15 is 0 Å². The first-order valence-electron chi connectivity index (χ1n) is 13.3. The highest BCUT2D eigenvalue weighted by Gasteiger charge is 2.11. The van der Waals surface area contributed by atoms with E-state index in [4.69, 9.17) is 0 Å². The van der Waals surface area contributed by atoms with Crippen molar-refractivity contribution < 1.29 is 4.57 Å². The number of aryl methyl sites for hydroxylation is 1. The van der Waals surface area contributed by atoms with Crippen LogP contribution in [0.5, 0.6) is 0 Å². The fraction of sp³-hybridized carbons (Fsp3) is 0.889. The van der Waals surface area contributed by atoms with Crippen LogP contribution in [-0.4, -0.2) is 4.57 Å². The van der Waals surface area contributed by atoms with Crippen LogP contribution >= 0.6 is 0 Å². The molecule has 170 valence electrons. The highest BCUT2D eigenvalue weighted by atomic mass is 15.1. The molecule has 0 aliphatic rings. The molecule has 1 unspecified atom stereocenters. The number of hydrogen-bond donors (Lipinski definition) is 0. The summed E-state index contributed by atoms with van der Waals surface area (Å²) in [6.45, 7) is 8.16. The average molecular weight is 406 g/mol. The van der Waals surface area contributed by atoms with Gasteiger partial charge in [0, 0.05) is 0 Å². The molecule has 0 aromatic carbocycles. The van der Waals surface area contributed by atoms with E-state index in [-0.39, 0.29) is 0 Å². The van der Waals surface area contributed by atoms with E-state index in [2.05, 4.69) is 48.6 Å². The second kappa shape index (κ2) is 19.2. The molecule has 1 atom stereocenters. The molecule has 2 heteroatoms. The third-order valence-corrected chi connectivity index (χ3v) is 6.47. The molecule has 1 rings (SSSR count). The van der Waals surface area contributed by atoms with Gasteiger partial charge in [0.05, 0.1) is 12.6 Å². The summed E-state index contributed by atoms with van der Waals surface area (Å²) < 4.78 is 4.82. The molecule has 0 radical (unpaired) electrons. The Hall–Kier alpha value is -0.790. The Labute approximate surface area is 183 Å². The Morgan fingerprint density at radius 3 is 1.59 bits per heavy atom. The Morgan fingerprint density at radius 1 is 0.621 bits per heavy atom. The number of imidazole rings is 1. The van der Waals surface area contributed by atoms with Gasteiger partial charge >= 0.3 is 0 Å². The first-order chi connectivity index (χ1) is 14.3. The molecule has 0 fully saturated rings. The molecule has 1 heterocycles. The van der Waals surface area contributed by atoms with Gasteiger partial charge in [-0.05, 0) is 32.6 Å². The fourth-order valence-electron chi connectivity index (χ4n) is 4.31. The van der Waals surface area contributed by atoms with Crippen molar-refractivity contribution in [2.24, 2.45) is 0 Å². The third kappa shape index (κ3) is 14.8. The summed E-state index contributed by atoms with van der Waals surface area (Å²) in [5.41, 5.74) is 0. The lowest BCUT2D eigenvalue weighted by Crippen LogP contribution is -2.31. The summed E-state index contributed by atoms with van der Waals surface area (Å²) in [4.78, 5) is 0. The smallest absolute Gasteiger partial charge is 0.237 e. The van der Waals surface area contributed by atoms with E-state index in [1.165, 1.54) is 129 Å². The minimum Gasteiger partial charge on any atom is -0.237 e. The lowest BCUT2D eigenvalue weighted by atomic mass is 10.0. The molecule has 0 saturated heterocycles. The normalized spacial score (nSPS) is 12.5. The number of unbranched alkanes of at least 4 members (excludes halogenated alkanes) is 16. The van der Waals surface area contributed by atoms with Gasteiger partial charge in [0.15, 0.2) is 0 Å². The molecule has 0 saturated carbocycles. The molecule has 1 aromatic rings. The lowest BCUT2D eigenvalue weighted by Gasteiger charge is -2.08. The summed E-state index contributed by atoms with van der Waals surface area (Å²) in [5.74, 6) is 0. The van der Waals surface area contributed by atoms with Crippen LogP contribution in [0.2, 0.25) is 0 Å². The summed E-state index contributed by atoms with van der Waals surface area (Å²) in [6.07, 6.45) is 33.7. The summed E-state index contributed by atoms with van der Waals surface area (Å²) in [6, 6.07) is 0.642. The summed E-state index contributed by atoms with van der Waals surface area (Å²) in [5, 5.41) is 0. The molecule has 0 aliphatic carbocycles. The molecule has 0 spiro atoms. The number of rotatable bonds is 21. The van der Waals surface area contributed by atoms with Gasteiger partial charge in [-0.15, -0.1) is 0 Å². The Morgan fingerprint density at radius 2 is 1.07 bits per heavy atom. The van der Waals surface area contributed by atoms with E-state index in [0.717, 1.165) is 0 Å². The predicted octanol–water partition coefficient (Wildman–Crippen LogP) is 8.79. The van der Waals surface area contributed by atoms with E-state index in [1.54, 1.807) is 0 Å². The van der Waals surface area contributed by atoms with Crippen LogP contribution in [-0.2, 0) is 6.54 Å². The number of aromatic nitrogens is 2. The van der Waals surface area contributed by atoms with Crippen molar-refractivity contribution in [3.8, 4) is 0 Å². The minimum atomic E-state index is 0.642. The van der Waals surface area contributed by atoms with Gasteiger partial charge in [-0.3, -0.25) is 0 Å². The zero-order chi connectivity index (χ0) is 21.0. The van der Waals surface area contributed by atoms with Crippen LogP contribution in [0.1, 0.15) is 149 Å². The van der Waals surface area contributed by atoms with Gasteiger partial charge in [-0.25, -0.2) is 9.13 Å². The van der Waals surface area contributed by atoms with Crippen molar-refractivity contribution in [3.63, 3.8) is 0 Å². The maximum Gasteiger partial charge on any atom is 0.243 e. The van der Waals surface area contributed by atoms with Crippen molar-refractivity contribution in [2.45, 2.75) is 155 Å². The first-order valence-corrected chi connectivity index (χ1v) is 13.3. The van der Waals surface area contributed by atoms with E-state index in [9.17, 15) is 0 Å². The van der Waals surface area contributed by atoms with Crippen molar-refractivity contribution >= 4 is 0 Å². The molecule has 0 aliphatic heterocycles. The molecule has 0 amide bonds. The Kier molecular flexibility index (Phi) is 17.4. The molecule has 0 bridgehead atoms. The third-order valence-electron chi connectivity index (χ3n) is 6.47. The minimum absolute atomic E-state index is 0.642. The van der Waals surface area contributed by atoms with Crippen LogP contribution in [0.3, 0.4) is 0 Å². The highest BCUT2D eigenvalue weighted by molar-refractivity contribution is 4.72. The topological polar surface area (TPSA) is 8.81 Å². The van der Waals surface area contributed by atoms with Crippen LogP contribution in [0.4, 0.5) is 0 Å². The zero-order valence-corrected chi connectivity index (χ0v) is 20.3. The first kappa shape index (κ1) is 26.2. The molecule has 29 heavy (non-hydrogen) atoms. The summed E-state index contributed by atoms with van der Waals surface area (Å²) in [7, 11) is 0. The maximum atomic E-state index is 2.43. The van der Waals surface area contributed by atoms with Gasteiger partial charge in [-0.1, -0.05) is 110 Å². The van der Waals surface area contributed by atoms with Crippen LogP contribution in [0, 0.1) is 0 Å². The Bertz CT molecular complexity index is 451. The van der Waals surface area contributed by atoms with Gasteiger partial charge in [-0.2, -0.15) is 0 Å². The van der Waals surface area contributed by atoms with Gasteiger partial charge in [0.1, 0.15) is 12.4 Å². The van der Waals surface area contributed by atoms with E-state index < -0.39 is 0 Å². The van der Waals surface area contributed by atoms with Crippen LogP contribution in [0.15, 0.2) is 18.7 Å². The van der Waals surface area contributed by atoms with Gasteiger partial charge < -0.3 is 0 Å². The molecular formula is C27H53N2+. The molecule has 2 nitrogen and oxygen atoms in total. The fourth-order valence-corrected chi connectivity index (χ4v) is 4.31. The van der Waals surface area contributed by atoms with E-state index in [0.29, 0.717) is 6.04 Å². The quantitative estimate of drug-likeness (QED) is 0.143. The van der Waals surface area contributed by atoms with Gasteiger partial charge in [0.25, 0.3) is 0 Å². The number of nitrogens with zero attached hydrogens (tertiary/aromatic N) is 2. The Balaban J connectivity index is 1.97. The maximum absolute atomic E-state index is 2.43. The van der Waals surface area contributed by atoms with Crippen LogP contribution < -0.4 is 4.57 Å². The molecule has 1 aromatic heterocycles. The lowest BCUT2D eigenvalue weighted by molar-refractivity contribution is -0.697. The second-order valence-corrected chi connectivity index (χ2v) is 9.39. The molecular weight excluding hydrogens is 352 g/mol. The zero-order valence-electron chi connectivity index (χ0n) is 20.3. The SMILES string of the molecule is CCCCCCCCCCCCCC(C)n1cc[n+](CCCCCCCCC)c1. The van der Waals surface area contributed by atoms with Crippen LogP contribution in [0.25, 0.3) is 0 Å². The summed E-state index contributed by atoms with van der Waals surface area (Å²) >= 11 is 0. The van der Waals surface area contributed by atoms with Crippen molar-refractivity contribution in [3.05, 3.63) is 18.7 Å². The highest BCUT2D eigenvalue weighted by Crippen LogP contribution is 2.17. The van der Waals surface area contributed by atoms with E-state index in [1.807, 2.05) is 0 Å². The van der Waals surface area contributed by atoms with Crippen molar-refractivity contribution in [1.29, 1.82) is 0 Å². The standard InChI is InChI=1S/C27H53N2/c1-4-6-8-10-12-13-14-15-16-18-20-22-27(3)29-25-24-28(26-29)23-21-19-17-11-9-7-5-2/h24-27H,4-23H2,1-3H3/q+1. The van der Waals surface area contributed by atoms with Gasteiger partial charge in [0.2, 0.25) is 6.33 Å². The largest absolute Gasteiger partial charge is 0.243 e. The second-order valence-electron chi connectivity index (χ2n) is 9.39. The predicted molar refractivity (Wildman–Crippen MR) is 128 cm³/mol. The average Bonchev–Trinajstić information content (AvgIpc) is 3.20. The van der Waals surface area contributed by atoms with Crippen molar-refractivity contribution in [2.75, 3.05) is 0 Å². The van der Waals surface area contributed by atoms with Crippen molar-refractivity contribution in [1.82, 2.24) is 4.57 Å². The monoisotopic (exact) mass is 405 g/mol. The molecule has 0 N–H and O–H groups in total. The number of hydrogen-bond acceptors (Lipinski definition) is 0.